The molecule has 2 heterocycles. The van der Waals surface area contributed by atoms with E-state index >= 15 is 0 Å². The van der Waals surface area contributed by atoms with E-state index in [0.717, 1.165) is 17.5 Å². The first kappa shape index (κ1) is 21.0. The summed E-state index contributed by atoms with van der Waals surface area (Å²) in [6.45, 7) is 2.38. The minimum atomic E-state index is -0.309. The molecular formula is C23H24N4O3. The molecule has 30 heavy (non-hydrogen) atoms. The van der Waals surface area contributed by atoms with Crippen LogP contribution in [-0.2, 0) is 17.8 Å². The van der Waals surface area contributed by atoms with E-state index in [1.54, 1.807) is 60.9 Å². The molecule has 7 nitrogen and oxygen atoms in total. The fraction of sp³-hybridized carbons (Fsp3) is 0.217. The quantitative estimate of drug-likeness (QED) is 0.656. The number of rotatable bonds is 7. The molecule has 0 saturated heterocycles. The number of pyridine rings is 2. The second-order valence-electron chi connectivity index (χ2n) is 7.13. The van der Waals surface area contributed by atoms with Crippen LogP contribution in [0.3, 0.4) is 0 Å². The zero-order chi connectivity index (χ0) is 21.5. The predicted molar refractivity (Wildman–Crippen MR) is 115 cm³/mol. The van der Waals surface area contributed by atoms with Crippen LogP contribution >= 0.6 is 0 Å². The average molecular weight is 404 g/mol. The van der Waals surface area contributed by atoms with Crippen LogP contribution in [0, 0.1) is 6.92 Å². The minimum Gasteiger partial charge on any atom is -0.341 e. The number of carbonyl (C=O) groups is 2. The summed E-state index contributed by atoms with van der Waals surface area (Å²) in [5, 5.41) is 2.75. The number of nitrogens with zero attached hydrogens (tertiary/aromatic N) is 3. The first-order valence-electron chi connectivity index (χ1n) is 9.64. The van der Waals surface area contributed by atoms with Crippen molar-refractivity contribution in [2.75, 3.05) is 18.9 Å². The molecule has 0 unspecified atom stereocenters. The highest BCUT2D eigenvalue weighted by atomic mass is 16.2. The highest BCUT2D eigenvalue weighted by Gasteiger charge is 2.12. The molecule has 1 N–H and O–H groups in total. The highest BCUT2D eigenvalue weighted by Crippen LogP contribution is 2.12. The Bertz CT molecular complexity index is 1080. The number of amides is 2. The summed E-state index contributed by atoms with van der Waals surface area (Å²) in [5.41, 5.74) is 2.90. The zero-order valence-corrected chi connectivity index (χ0v) is 17.0. The molecule has 2 aromatic heterocycles. The highest BCUT2D eigenvalue weighted by molar-refractivity contribution is 5.95. The van der Waals surface area contributed by atoms with Crippen LogP contribution in [0.1, 0.15) is 21.5 Å². The topological polar surface area (TPSA) is 84.3 Å². The lowest BCUT2D eigenvalue weighted by atomic mass is 10.1. The van der Waals surface area contributed by atoms with Crippen LogP contribution in [0.4, 0.5) is 5.69 Å². The summed E-state index contributed by atoms with van der Waals surface area (Å²) in [4.78, 5) is 42.3. The number of aromatic nitrogens is 2. The maximum absolute atomic E-state index is 12.6. The summed E-state index contributed by atoms with van der Waals surface area (Å²) in [5.74, 6) is -0.399. The molecule has 0 bridgehead atoms. The smallest absolute Gasteiger partial charge is 0.253 e. The van der Waals surface area contributed by atoms with E-state index in [1.165, 1.54) is 10.6 Å². The van der Waals surface area contributed by atoms with Crippen LogP contribution in [0.25, 0.3) is 0 Å². The van der Waals surface area contributed by atoms with Gasteiger partial charge >= 0.3 is 0 Å². The number of nitrogens with one attached hydrogen (secondary N) is 1. The van der Waals surface area contributed by atoms with Gasteiger partial charge in [-0.15, -0.1) is 0 Å². The molecule has 2 amide bonds. The van der Waals surface area contributed by atoms with Gasteiger partial charge in [0, 0.05) is 49.5 Å². The van der Waals surface area contributed by atoms with E-state index in [9.17, 15) is 14.4 Å². The fourth-order valence-corrected chi connectivity index (χ4v) is 2.99. The first-order valence-corrected chi connectivity index (χ1v) is 9.64. The van der Waals surface area contributed by atoms with Crippen molar-refractivity contribution in [3.63, 3.8) is 0 Å². The van der Waals surface area contributed by atoms with Crippen LogP contribution in [0.2, 0.25) is 0 Å². The minimum absolute atomic E-state index is 0.0705. The van der Waals surface area contributed by atoms with E-state index < -0.39 is 0 Å². The Hall–Kier alpha value is -3.74. The Morgan fingerprint density at radius 3 is 2.43 bits per heavy atom. The molecule has 0 radical (unpaired) electrons. The number of likely N-dealkylation sites (N-methyl/N-ethyl adjacent to an activating group) is 1. The third kappa shape index (κ3) is 5.64. The fourth-order valence-electron chi connectivity index (χ4n) is 2.99. The Morgan fingerprint density at radius 2 is 1.73 bits per heavy atom. The summed E-state index contributed by atoms with van der Waals surface area (Å²) < 4.78 is 1.36. The molecule has 3 rings (SSSR count). The van der Waals surface area contributed by atoms with Gasteiger partial charge in [0.25, 0.3) is 11.5 Å². The normalized spacial score (nSPS) is 10.5. The zero-order valence-electron chi connectivity index (χ0n) is 17.0. The Balaban J connectivity index is 1.56. The van der Waals surface area contributed by atoms with Gasteiger partial charge in [0.2, 0.25) is 5.91 Å². The van der Waals surface area contributed by atoms with Gasteiger partial charge in [0.1, 0.15) is 6.54 Å². The predicted octanol–water partition coefficient (Wildman–Crippen LogP) is 2.51. The van der Waals surface area contributed by atoms with E-state index in [4.69, 9.17) is 0 Å². The van der Waals surface area contributed by atoms with Gasteiger partial charge in [-0.1, -0.05) is 6.07 Å². The monoisotopic (exact) mass is 404 g/mol. The molecule has 0 aliphatic heterocycles. The lowest BCUT2D eigenvalue weighted by Gasteiger charge is -2.17. The second kappa shape index (κ2) is 9.65. The van der Waals surface area contributed by atoms with Gasteiger partial charge in [-0.2, -0.15) is 0 Å². The Kier molecular flexibility index (Phi) is 6.75. The van der Waals surface area contributed by atoms with Crippen LogP contribution in [0.5, 0.6) is 0 Å². The number of hydrogen-bond acceptors (Lipinski definition) is 4. The Morgan fingerprint density at radius 1 is 1.03 bits per heavy atom. The SMILES string of the molecule is Cc1ccc(=O)n(CC(=O)Nc2ccc(C(=O)N(C)CCc3ccncc3)cc2)c1. The van der Waals surface area contributed by atoms with E-state index in [0.29, 0.717) is 17.8 Å². The molecule has 0 spiro atoms. The molecule has 154 valence electrons. The van der Waals surface area contributed by atoms with Crippen molar-refractivity contribution < 1.29 is 9.59 Å². The lowest BCUT2D eigenvalue weighted by molar-refractivity contribution is -0.116. The maximum Gasteiger partial charge on any atom is 0.253 e. The largest absolute Gasteiger partial charge is 0.341 e. The van der Waals surface area contributed by atoms with Crippen LogP contribution < -0.4 is 10.9 Å². The summed E-state index contributed by atoms with van der Waals surface area (Å²) in [6.07, 6.45) is 5.86. The third-order valence-corrected chi connectivity index (χ3v) is 4.69. The summed E-state index contributed by atoms with van der Waals surface area (Å²) >= 11 is 0. The van der Waals surface area contributed by atoms with E-state index in [1.807, 2.05) is 19.1 Å². The molecule has 0 saturated carbocycles. The molecule has 0 fully saturated rings. The van der Waals surface area contributed by atoms with Crippen molar-refractivity contribution >= 4 is 17.5 Å². The van der Waals surface area contributed by atoms with Gasteiger partial charge in [-0.25, -0.2) is 0 Å². The molecule has 7 heteroatoms. The van der Waals surface area contributed by atoms with Gasteiger partial charge in [-0.05, 0) is 60.9 Å². The van der Waals surface area contributed by atoms with Crippen molar-refractivity contribution in [1.29, 1.82) is 0 Å². The van der Waals surface area contributed by atoms with Gasteiger partial charge in [0.05, 0.1) is 0 Å². The second-order valence-corrected chi connectivity index (χ2v) is 7.13. The molecule has 0 aliphatic carbocycles. The molecule has 1 aromatic carbocycles. The van der Waals surface area contributed by atoms with Gasteiger partial charge in [-0.3, -0.25) is 19.4 Å². The number of benzene rings is 1. The van der Waals surface area contributed by atoms with Crippen molar-refractivity contribution in [2.24, 2.45) is 0 Å². The van der Waals surface area contributed by atoms with Crippen molar-refractivity contribution in [2.45, 2.75) is 19.9 Å². The number of anilines is 1. The number of carbonyl (C=O) groups excluding carboxylic acids is 2. The third-order valence-electron chi connectivity index (χ3n) is 4.69. The van der Waals surface area contributed by atoms with Crippen molar-refractivity contribution in [3.05, 3.63) is 94.2 Å². The maximum atomic E-state index is 12.6. The standard InChI is InChI=1S/C23H24N4O3/c1-17-3-8-22(29)27(15-17)16-21(28)25-20-6-4-19(5-7-20)23(30)26(2)14-11-18-9-12-24-13-10-18/h3-10,12-13,15H,11,14,16H2,1-2H3,(H,25,28). The van der Waals surface area contributed by atoms with Gasteiger partial charge < -0.3 is 14.8 Å². The van der Waals surface area contributed by atoms with Crippen molar-refractivity contribution in [1.82, 2.24) is 14.5 Å². The molecular weight excluding hydrogens is 380 g/mol. The van der Waals surface area contributed by atoms with E-state index in [2.05, 4.69) is 10.3 Å². The first-order chi connectivity index (χ1) is 14.4. The molecule has 3 aromatic rings. The van der Waals surface area contributed by atoms with E-state index in [-0.39, 0.29) is 23.9 Å². The summed E-state index contributed by atoms with van der Waals surface area (Å²) in [7, 11) is 1.76. The molecule has 0 aliphatic rings. The van der Waals surface area contributed by atoms with Crippen LogP contribution in [0.15, 0.2) is 71.9 Å². The number of hydrogen-bond donors (Lipinski definition) is 1. The Labute approximate surface area is 175 Å². The van der Waals surface area contributed by atoms with Crippen LogP contribution in [-0.4, -0.2) is 39.9 Å². The molecule has 0 atom stereocenters. The average Bonchev–Trinajstić information content (AvgIpc) is 2.75. The lowest BCUT2D eigenvalue weighted by Crippen LogP contribution is -2.29. The van der Waals surface area contributed by atoms with Gasteiger partial charge in [0.15, 0.2) is 0 Å². The summed E-state index contributed by atoms with van der Waals surface area (Å²) in [6, 6.07) is 13.7. The number of aryl methyl sites for hydroxylation is 1. The van der Waals surface area contributed by atoms with Crippen molar-refractivity contribution in [3.8, 4) is 0 Å².